The van der Waals surface area contributed by atoms with Crippen molar-refractivity contribution in [3.63, 3.8) is 0 Å². The van der Waals surface area contributed by atoms with E-state index in [1.165, 1.54) is 0 Å². The number of hydrogen-bond donors (Lipinski definition) is 2. The normalized spacial score (nSPS) is 13.6. The molecular formula is C18H24N4O3. The van der Waals surface area contributed by atoms with E-state index >= 15 is 0 Å². The summed E-state index contributed by atoms with van der Waals surface area (Å²) >= 11 is 0. The fourth-order valence-electron chi connectivity index (χ4n) is 3.07. The van der Waals surface area contributed by atoms with Crippen LogP contribution >= 0.6 is 0 Å². The van der Waals surface area contributed by atoms with E-state index in [-0.39, 0.29) is 6.03 Å². The average Bonchev–Trinajstić information content (AvgIpc) is 3.04. The van der Waals surface area contributed by atoms with E-state index in [9.17, 15) is 4.79 Å². The molecule has 0 atom stereocenters. The summed E-state index contributed by atoms with van der Waals surface area (Å²) in [7, 11) is 3.16. The molecule has 134 valence electrons. The minimum absolute atomic E-state index is 0.159. The van der Waals surface area contributed by atoms with Gasteiger partial charge in [-0.1, -0.05) is 13.8 Å². The van der Waals surface area contributed by atoms with Crippen LogP contribution in [0.15, 0.2) is 18.2 Å². The van der Waals surface area contributed by atoms with E-state index in [0.29, 0.717) is 36.2 Å². The Hall–Kier alpha value is -2.70. The maximum atomic E-state index is 12.7. The van der Waals surface area contributed by atoms with Crippen LogP contribution in [0.25, 0.3) is 0 Å². The molecule has 0 unspecified atom stereocenters. The van der Waals surface area contributed by atoms with Gasteiger partial charge in [-0.2, -0.15) is 5.10 Å². The van der Waals surface area contributed by atoms with Crippen LogP contribution in [-0.2, 0) is 13.0 Å². The van der Waals surface area contributed by atoms with Gasteiger partial charge in [-0.25, -0.2) is 4.79 Å². The number of carbonyl (C=O) groups excluding carboxylic acids is 1. The third kappa shape index (κ3) is 3.40. The quantitative estimate of drug-likeness (QED) is 0.893. The summed E-state index contributed by atoms with van der Waals surface area (Å²) in [5.74, 6) is 1.58. The Kier molecular flexibility index (Phi) is 4.83. The Morgan fingerprint density at radius 1 is 1.32 bits per heavy atom. The summed E-state index contributed by atoms with van der Waals surface area (Å²) in [6.07, 6.45) is 0.776. The smallest absolute Gasteiger partial charge is 0.322 e. The van der Waals surface area contributed by atoms with Gasteiger partial charge in [0.15, 0.2) is 0 Å². The van der Waals surface area contributed by atoms with Gasteiger partial charge in [-0.3, -0.25) is 5.10 Å². The molecule has 0 saturated heterocycles. The molecule has 1 aliphatic heterocycles. The molecule has 1 aromatic carbocycles. The van der Waals surface area contributed by atoms with Crippen LogP contribution in [0.5, 0.6) is 11.5 Å². The molecule has 1 aromatic heterocycles. The van der Waals surface area contributed by atoms with Crippen molar-refractivity contribution in [2.24, 2.45) is 0 Å². The molecular weight excluding hydrogens is 320 g/mol. The van der Waals surface area contributed by atoms with E-state index in [1.807, 2.05) is 0 Å². The van der Waals surface area contributed by atoms with Gasteiger partial charge in [0.05, 0.1) is 32.1 Å². The number of methoxy groups -OCH3 is 2. The first kappa shape index (κ1) is 17.1. The van der Waals surface area contributed by atoms with Gasteiger partial charge < -0.3 is 19.7 Å². The molecule has 7 nitrogen and oxygen atoms in total. The minimum Gasteiger partial charge on any atom is -0.497 e. The molecule has 2 N–H and O–H groups in total. The lowest BCUT2D eigenvalue weighted by Gasteiger charge is -2.28. The largest absolute Gasteiger partial charge is 0.497 e. The number of urea groups is 1. The van der Waals surface area contributed by atoms with Crippen LogP contribution in [0.1, 0.15) is 36.7 Å². The van der Waals surface area contributed by atoms with Gasteiger partial charge in [-0.15, -0.1) is 0 Å². The lowest BCUT2D eigenvalue weighted by molar-refractivity contribution is 0.206. The molecule has 2 aromatic rings. The van der Waals surface area contributed by atoms with Crippen molar-refractivity contribution < 1.29 is 14.3 Å². The fourth-order valence-corrected chi connectivity index (χ4v) is 3.07. The lowest BCUT2D eigenvalue weighted by atomic mass is 10.00. The Bertz CT molecular complexity index is 770. The molecule has 2 amide bonds. The Morgan fingerprint density at radius 3 is 2.80 bits per heavy atom. The van der Waals surface area contributed by atoms with Crippen molar-refractivity contribution in [3.05, 3.63) is 35.2 Å². The molecule has 2 heterocycles. The van der Waals surface area contributed by atoms with Crippen molar-refractivity contribution in [2.45, 2.75) is 32.7 Å². The molecule has 0 radical (unpaired) electrons. The molecule has 0 aliphatic carbocycles. The topological polar surface area (TPSA) is 79.5 Å². The Labute approximate surface area is 147 Å². The zero-order valence-electron chi connectivity index (χ0n) is 15.0. The van der Waals surface area contributed by atoms with Crippen LogP contribution in [0, 0.1) is 0 Å². The summed E-state index contributed by atoms with van der Waals surface area (Å²) in [5, 5.41) is 10.4. The van der Waals surface area contributed by atoms with E-state index in [2.05, 4.69) is 29.4 Å². The standard InChI is InChI=1S/C18H24N4O3/c1-11(2)17-13-10-22(8-7-14(13)20-21-17)18(23)19-15-9-12(24-3)5-6-16(15)25-4/h5-6,9,11H,7-8,10H2,1-4H3,(H,19,23)(H,20,21). The van der Waals surface area contributed by atoms with Crippen LogP contribution in [0.2, 0.25) is 0 Å². The highest BCUT2D eigenvalue weighted by Crippen LogP contribution is 2.30. The molecule has 0 saturated carbocycles. The third-order valence-electron chi connectivity index (χ3n) is 4.45. The highest BCUT2D eigenvalue weighted by molar-refractivity contribution is 5.91. The summed E-state index contributed by atoms with van der Waals surface area (Å²) in [6, 6.07) is 5.16. The van der Waals surface area contributed by atoms with Crippen molar-refractivity contribution in [1.82, 2.24) is 15.1 Å². The van der Waals surface area contributed by atoms with Crippen molar-refractivity contribution in [2.75, 3.05) is 26.1 Å². The number of amides is 2. The number of fused-ring (bicyclic) bond motifs is 1. The number of nitrogens with zero attached hydrogens (tertiary/aromatic N) is 2. The zero-order chi connectivity index (χ0) is 18.0. The maximum absolute atomic E-state index is 12.7. The number of benzene rings is 1. The minimum atomic E-state index is -0.159. The monoisotopic (exact) mass is 344 g/mol. The molecule has 7 heteroatoms. The lowest BCUT2D eigenvalue weighted by Crippen LogP contribution is -2.39. The van der Waals surface area contributed by atoms with Crippen LogP contribution in [0.4, 0.5) is 10.5 Å². The van der Waals surface area contributed by atoms with Crippen LogP contribution < -0.4 is 14.8 Å². The molecule has 0 spiro atoms. The number of nitrogens with one attached hydrogen (secondary N) is 2. The van der Waals surface area contributed by atoms with Crippen molar-refractivity contribution in [1.29, 1.82) is 0 Å². The summed E-state index contributed by atoms with van der Waals surface area (Å²) in [5.41, 5.74) is 3.89. The van der Waals surface area contributed by atoms with Gasteiger partial charge >= 0.3 is 6.03 Å². The number of hydrogen-bond acceptors (Lipinski definition) is 4. The fraction of sp³-hybridized carbons (Fsp3) is 0.444. The number of ether oxygens (including phenoxy) is 2. The Morgan fingerprint density at radius 2 is 2.12 bits per heavy atom. The van der Waals surface area contributed by atoms with Gasteiger partial charge in [0, 0.05) is 30.3 Å². The number of carbonyl (C=O) groups is 1. The van der Waals surface area contributed by atoms with Crippen LogP contribution in [0.3, 0.4) is 0 Å². The molecule has 0 fully saturated rings. The van der Waals surface area contributed by atoms with Crippen molar-refractivity contribution >= 4 is 11.7 Å². The second-order valence-electron chi connectivity index (χ2n) is 6.39. The second kappa shape index (κ2) is 7.04. The number of rotatable bonds is 4. The predicted octanol–water partition coefficient (Wildman–Crippen LogP) is 3.14. The zero-order valence-corrected chi connectivity index (χ0v) is 15.0. The molecule has 1 aliphatic rings. The first-order chi connectivity index (χ1) is 12.0. The highest BCUT2D eigenvalue weighted by Gasteiger charge is 2.26. The van der Waals surface area contributed by atoms with E-state index < -0.39 is 0 Å². The predicted molar refractivity (Wildman–Crippen MR) is 95.4 cm³/mol. The summed E-state index contributed by atoms with van der Waals surface area (Å²) < 4.78 is 10.6. The average molecular weight is 344 g/mol. The van der Waals surface area contributed by atoms with Gasteiger partial charge in [0.1, 0.15) is 11.5 Å². The highest BCUT2D eigenvalue weighted by atomic mass is 16.5. The summed E-state index contributed by atoms with van der Waals surface area (Å²) in [6.45, 7) is 5.41. The molecule has 3 rings (SSSR count). The first-order valence-corrected chi connectivity index (χ1v) is 8.37. The van der Waals surface area contributed by atoms with E-state index in [0.717, 1.165) is 23.4 Å². The van der Waals surface area contributed by atoms with Gasteiger partial charge in [0.2, 0.25) is 0 Å². The molecule has 0 bridgehead atoms. The molecule has 25 heavy (non-hydrogen) atoms. The van der Waals surface area contributed by atoms with Crippen molar-refractivity contribution in [3.8, 4) is 11.5 Å². The maximum Gasteiger partial charge on any atom is 0.322 e. The van der Waals surface area contributed by atoms with Gasteiger partial charge in [0.25, 0.3) is 0 Å². The Balaban J connectivity index is 1.77. The van der Waals surface area contributed by atoms with Gasteiger partial charge in [-0.05, 0) is 18.1 Å². The van der Waals surface area contributed by atoms with E-state index in [1.54, 1.807) is 37.3 Å². The SMILES string of the molecule is COc1ccc(OC)c(NC(=O)N2CCc3[nH]nc(C(C)C)c3C2)c1. The van der Waals surface area contributed by atoms with E-state index in [4.69, 9.17) is 9.47 Å². The number of H-pyrrole nitrogens is 1. The first-order valence-electron chi connectivity index (χ1n) is 8.37. The third-order valence-corrected chi connectivity index (χ3v) is 4.45. The number of aromatic amines is 1. The number of aromatic nitrogens is 2. The van der Waals surface area contributed by atoms with Crippen LogP contribution in [-0.4, -0.2) is 41.9 Å². The number of anilines is 1. The second-order valence-corrected chi connectivity index (χ2v) is 6.39. The summed E-state index contributed by atoms with van der Waals surface area (Å²) in [4.78, 5) is 14.5.